The third-order valence-corrected chi connectivity index (χ3v) is 6.39. The number of amidine groups is 1. The van der Waals surface area contributed by atoms with Gasteiger partial charge < -0.3 is 14.9 Å². The van der Waals surface area contributed by atoms with Crippen molar-refractivity contribution in [2.75, 3.05) is 26.2 Å². The van der Waals surface area contributed by atoms with E-state index in [4.69, 9.17) is 10.7 Å². The van der Waals surface area contributed by atoms with E-state index in [1.165, 1.54) is 24.2 Å². The summed E-state index contributed by atoms with van der Waals surface area (Å²) in [6.07, 6.45) is 2.50. The van der Waals surface area contributed by atoms with Crippen LogP contribution in [0.3, 0.4) is 0 Å². The van der Waals surface area contributed by atoms with Crippen molar-refractivity contribution in [3.63, 3.8) is 0 Å². The van der Waals surface area contributed by atoms with Crippen molar-refractivity contribution in [1.82, 2.24) is 14.8 Å². The van der Waals surface area contributed by atoms with Gasteiger partial charge in [0, 0.05) is 24.0 Å². The van der Waals surface area contributed by atoms with Gasteiger partial charge in [-0.25, -0.2) is 4.98 Å². The molecule has 4 rings (SSSR count). The average Bonchev–Trinajstić information content (AvgIpc) is 3.43. The molecule has 1 saturated heterocycles. The zero-order valence-electron chi connectivity index (χ0n) is 15.9. The summed E-state index contributed by atoms with van der Waals surface area (Å²) in [6.45, 7) is 5.85. The lowest BCUT2D eigenvalue weighted by Crippen LogP contribution is -2.39. The summed E-state index contributed by atoms with van der Waals surface area (Å²) in [6, 6.07) is 9.19. The highest BCUT2D eigenvalue weighted by Crippen LogP contribution is 2.35. The van der Waals surface area contributed by atoms with Crippen molar-refractivity contribution in [1.29, 1.82) is 10.7 Å². The van der Waals surface area contributed by atoms with E-state index in [0.717, 1.165) is 37.4 Å². The first kappa shape index (κ1) is 18.7. The second-order valence-corrected chi connectivity index (χ2v) is 8.11. The molecule has 2 aromatic rings. The topological polar surface area (TPSA) is 87.2 Å². The Bertz CT molecular complexity index is 950. The largest absolute Gasteiger partial charge is 0.509 e. The Balaban J connectivity index is 1.52. The maximum absolute atomic E-state index is 10.7. The van der Waals surface area contributed by atoms with E-state index >= 15 is 0 Å². The predicted octanol–water partition coefficient (Wildman–Crippen LogP) is 3.73. The lowest BCUT2D eigenvalue weighted by Gasteiger charge is -2.26. The van der Waals surface area contributed by atoms with Crippen molar-refractivity contribution in [2.45, 2.75) is 25.8 Å². The van der Waals surface area contributed by atoms with E-state index in [0.29, 0.717) is 22.0 Å². The van der Waals surface area contributed by atoms with Crippen molar-refractivity contribution in [2.24, 2.45) is 0 Å². The van der Waals surface area contributed by atoms with Gasteiger partial charge in [0.15, 0.2) is 0 Å². The zero-order valence-corrected chi connectivity index (χ0v) is 16.7. The van der Waals surface area contributed by atoms with Gasteiger partial charge in [-0.1, -0.05) is 12.1 Å². The molecule has 2 aliphatic rings. The summed E-state index contributed by atoms with van der Waals surface area (Å²) >= 11 is 1.43. The van der Waals surface area contributed by atoms with E-state index < -0.39 is 0 Å². The van der Waals surface area contributed by atoms with Gasteiger partial charge in [0.1, 0.15) is 16.6 Å². The monoisotopic (exact) mass is 393 g/mol. The molecule has 1 atom stereocenters. The Morgan fingerprint density at radius 3 is 2.64 bits per heavy atom. The van der Waals surface area contributed by atoms with Crippen LogP contribution in [0.1, 0.15) is 30.3 Å². The molecule has 0 radical (unpaired) electrons. The molecule has 3 heterocycles. The molecule has 0 spiro atoms. The Morgan fingerprint density at radius 1 is 1.25 bits per heavy atom. The fourth-order valence-electron chi connectivity index (χ4n) is 3.82. The van der Waals surface area contributed by atoms with Crippen LogP contribution in [-0.4, -0.2) is 57.9 Å². The predicted molar refractivity (Wildman–Crippen MR) is 111 cm³/mol. The van der Waals surface area contributed by atoms with Crippen molar-refractivity contribution >= 4 is 22.7 Å². The number of hydrogen-bond acceptors (Lipinski definition) is 6. The van der Waals surface area contributed by atoms with Crippen molar-refractivity contribution in [3.05, 3.63) is 46.0 Å². The van der Waals surface area contributed by atoms with Crippen LogP contribution in [0.15, 0.2) is 35.4 Å². The van der Waals surface area contributed by atoms with E-state index in [-0.39, 0.29) is 11.8 Å². The third kappa shape index (κ3) is 3.41. The van der Waals surface area contributed by atoms with Crippen LogP contribution in [0.5, 0.6) is 0 Å². The highest BCUT2D eigenvalue weighted by atomic mass is 32.1. The first-order valence-electron chi connectivity index (χ1n) is 9.56. The molecule has 1 aromatic carbocycles. The second kappa shape index (κ2) is 7.74. The Hall–Kier alpha value is -2.69. The Kier molecular flexibility index (Phi) is 5.16. The van der Waals surface area contributed by atoms with Crippen molar-refractivity contribution in [3.8, 4) is 17.3 Å². The SMILES string of the molecule is CC1C(O)=C(c2nc(-c3ccc(C#N)cc3)cs2)C(=N)N1CCN1CCCC1. The lowest BCUT2D eigenvalue weighted by molar-refractivity contribution is 0.247. The number of likely N-dealkylation sites (tertiary alicyclic amines) is 1. The molecular weight excluding hydrogens is 370 g/mol. The molecule has 1 aromatic heterocycles. The number of thiazole rings is 1. The molecule has 0 saturated carbocycles. The fraction of sp³-hybridized carbons (Fsp3) is 0.381. The molecule has 144 valence electrons. The fourth-order valence-corrected chi connectivity index (χ4v) is 4.71. The minimum atomic E-state index is -0.202. The van der Waals surface area contributed by atoms with E-state index in [9.17, 15) is 5.11 Å². The molecule has 1 fully saturated rings. The van der Waals surface area contributed by atoms with Crippen molar-refractivity contribution < 1.29 is 5.11 Å². The quantitative estimate of drug-likeness (QED) is 0.808. The van der Waals surface area contributed by atoms with Crippen LogP contribution in [0, 0.1) is 16.7 Å². The first-order valence-corrected chi connectivity index (χ1v) is 10.4. The molecule has 0 aliphatic carbocycles. The van der Waals surface area contributed by atoms with Crippen LogP contribution in [0.25, 0.3) is 16.8 Å². The summed E-state index contributed by atoms with van der Waals surface area (Å²) in [4.78, 5) is 9.05. The first-order chi connectivity index (χ1) is 13.6. The van der Waals surface area contributed by atoms with Crippen LogP contribution < -0.4 is 0 Å². The third-order valence-electron chi connectivity index (χ3n) is 5.53. The molecule has 1 unspecified atom stereocenters. The number of benzene rings is 1. The van der Waals surface area contributed by atoms with Gasteiger partial charge in [-0.2, -0.15) is 5.26 Å². The standard InChI is InChI=1S/C21H23N5OS/c1-14-19(27)18(20(23)26(14)11-10-25-8-2-3-9-25)21-24-17(13-28-21)16-6-4-15(12-22)5-7-16/h4-7,13-14,23,27H,2-3,8-11H2,1H3. The minimum Gasteiger partial charge on any atom is -0.509 e. The maximum atomic E-state index is 10.7. The highest BCUT2D eigenvalue weighted by molar-refractivity contribution is 7.11. The molecule has 2 aliphatic heterocycles. The van der Waals surface area contributed by atoms with Gasteiger partial charge in [-0.3, -0.25) is 5.41 Å². The van der Waals surface area contributed by atoms with E-state index in [2.05, 4.69) is 16.0 Å². The van der Waals surface area contributed by atoms with Gasteiger partial charge in [0.25, 0.3) is 0 Å². The minimum absolute atomic E-state index is 0.202. The molecule has 6 nitrogen and oxygen atoms in total. The zero-order chi connectivity index (χ0) is 19.7. The van der Waals surface area contributed by atoms with Gasteiger partial charge in [0.05, 0.1) is 28.9 Å². The number of rotatable bonds is 5. The number of nitrogens with zero attached hydrogens (tertiary/aromatic N) is 4. The number of nitriles is 1. The Morgan fingerprint density at radius 2 is 1.96 bits per heavy atom. The number of aliphatic hydroxyl groups excluding tert-OH is 1. The van der Waals surface area contributed by atoms with E-state index in [1.54, 1.807) is 12.1 Å². The summed E-state index contributed by atoms with van der Waals surface area (Å²) in [5, 5.41) is 30.9. The number of aromatic nitrogens is 1. The van der Waals surface area contributed by atoms with Gasteiger partial charge in [0.2, 0.25) is 0 Å². The summed E-state index contributed by atoms with van der Waals surface area (Å²) < 4.78 is 0. The Labute approximate surface area is 168 Å². The van der Waals surface area contributed by atoms with Gasteiger partial charge in [-0.15, -0.1) is 11.3 Å². The molecule has 2 N–H and O–H groups in total. The normalized spacial score (nSPS) is 20.2. The number of nitrogens with one attached hydrogen (secondary N) is 1. The molecule has 7 heteroatoms. The number of aliphatic hydroxyl groups is 1. The maximum Gasteiger partial charge on any atom is 0.135 e. The van der Waals surface area contributed by atoms with Crippen LogP contribution in [0.4, 0.5) is 0 Å². The van der Waals surface area contributed by atoms with Gasteiger partial charge >= 0.3 is 0 Å². The van der Waals surface area contributed by atoms with Crippen LogP contribution in [-0.2, 0) is 0 Å². The smallest absolute Gasteiger partial charge is 0.135 e. The summed E-state index contributed by atoms with van der Waals surface area (Å²) in [5.41, 5.74) is 2.87. The molecule has 0 bridgehead atoms. The van der Waals surface area contributed by atoms with Gasteiger partial charge in [-0.05, 0) is 45.0 Å². The number of hydrogen-bond donors (Lipinski definition) is 2. The van der Waals surface area contributed by atoms with Crippen LogP contribution >= 0.6 is 11.3 Å². The van der Waals surface area contributed by atoms with E-state index in [1.807, 2.05) is 29.3 Å². The second-order valence-electron chi connectivity index (χ2n) is 7.25. The molecule has 28 heavy (non-hydrogen) atoms. The average molecular weight is 394 g/mol. The lowest BCUT2D eigenvalue weighted by atomic mass is 10.1. The van der Waals surface area contributed by atoms with Crippen LogP contribution in [0.2, 0.25) is 0 Å². The summed E-state index contributed by atoms with van der Waals surface area (Å²) in [5.74, 6) is 0.581. The summed E-state index contributed by atoms with van der Waals surface area (Å²) in [7, 11) is 0. The molecular formula is C21H23N5OS. The highest BCUT2D eigenvalue weighted by Gasteiger charge is 2.36. The molecule has 0 amide bonds.